The molecule has 0 aromatic heterocycles. The predicted octanol–water partition coefficient (Wildman–Crippen LogP) is 2.39. The summed E-state index contributed by atoms with van der Waals surface area (Å²) >= 11 is 0. The Bertz CT molecular complexity index is 320. The Kier molecular flexibility index (Phi) is 5.44. The number of hydrogen-bond acceptors (Lipinski definition) is 3. The molecule has 0 radical (unpaired) electrons. The van der Waals surface area contributed by atoms with E-state index in [1.807, 2.05) is 0 Å². The van der Waals surface area contributed by atoms with Crippen LogP contribution in [0.15, 0.2) is 0 Å². The fourth-order valence-corrected chi connectivity index (χ4v) is 4.07. The summed E-state index contributed by atoms with van der Waals surface area (Å²) in [5.74, 6) is 0.0590. The molecule has 4 nitrogen and oxygen atoms in total. The largest absolute Gasteiger partial charge is 0.480 e. The van der Waals surface area contributed by atoms with Crippen molar-refractivity contribution >= 4 is 5.97 Å². The molecule has 0 spiro atoms. The zero-order valence-electron chi connectivity index (χ0n) is 13.0. The first-order chi connectivity index (χ1) is 9.54. The van der Waals surface area contributed by atoms with Crippen LogP contribution in [0.5, 0.6) is 0 Å². The van der Waals surface area contributed by atoms with Gasteiger partial charge >= 0.3 is 5.97 Å². The summed E-state index contributed by atoms with van der Waals surface area (Å²) in [7, 11) is 0. The summed E-state index contributed by atoms with van der Waals surface area (Å²) < 4.78 is 0. The van der Waals surface area contributed by atoms with Gasteiger partial charge in [0.15, 0.2) is 0 Å². The van der Waals surface area contributed by atoms with Crippen LogP contribution in [-0.4, -0.2) is 35.7 Å². The molecule has 1 aliphatic carbocycles. The van der Waals surface area contributed by atoms with Gasteiger partial charge in [0.1, 0.15) is 5.54 Å². The number of carbonyl (C=O) groups is 1. The summed E-state index contributed by atoms with van der Waals surface area (Å²) in [4.78, 5) is 12.1. The van der Waals surface area contributed by atoms with E-state index in [0.717, 1.165) is 45.2 Å². The topological polar surface area (TPSA) is 61.4 Å². The normalized spacial score (nSPS) is 27.6. The summed E-state index contributed by atoms with van der Waals surface area (Å²) in [6.07, 6.45) is 7.46. The highest BCUT2D eigenvalue weighted by Gasteiger charge is 2.47. The van der Waals surface area contributed by atoms with Crippen molar-refractivity contribution in [3.05, 3.63) is 0 Å². The minimum Gasteiger partial charge on any atom is -0.480 e. The molecule has 1 saturated heterocycles. The third kappa shape index (κ3) is 3.53. The number of carboxylic acid groups (broad SMARTS) is 1. The van der Waals surface area contributed by atoms with Gasteiger partial charge in [-0.15, -0.1) is 0 Å². The Morgan fingerprint density at radius 2 is 2.00 bits per heavy atom. The van der Waals surface area contributed by atoms with Crippen LogP contribution in [0.2, 0.25) is 0 Å². The van der Waals surface area contributed by atoms with Crippen molar-refractivity contribution in [3.63, 3.8) is 0 Å². The van der Waals surface area contributed by atoms with Gasteiger partial charge in [-0.25, -0.2) is 0 Å². The molecular weight excluding hydrogens is 252 g/mol. The second kappa shape index (κ2) is 6.90. The molecule has 0 aromatic rings. The van der Waals surface area contributed by atoms with Crippen LogP contribution in [0, 0.1) is 11.8 Å². The maximum Gasteiger partial charge on any atom is 0.324 e. The summed E-state index contributed by atoms with van der Waals surface area (Å²) in [6, 6.07) is 0.305. The molecule has 0 amide bonds. The first-order valence-electron chi connectivity index (χ1n) is 8.26. The zero-order valence-corrected chi connectivity index (χ0v) is 13.0. The van der Waals surface area contributed by atoms with E-state index in [0.29, 0.717) is 17.9 Å². The van der Waals surface area contributed by atoms with Gasteiger partial charge in [-0.3, -0.25) is 10.1 Å². The van der Waals surface area contributed by atoms with Gasteiger partial charge in [-0.05, 0) is 50.5 Å². The molecule has 2 aliphatic rings. The Balaban J connectivity index is 2.17. The number of nitrogens with one attached hydrogen (secondary N) is 2. The van der Waals surface area contributed by atoms with Crippen LogP contribution >= 0.6 is 0 Å². The Hall–Kier alpha value is -0.610. The third-order valence-electron chi connectivity index (χ3n) is 4.92. The lowest BCUT2D eigenvalue weighted by atomic mass is 9.75. The Morgan fingerprint density at radius 1 is 1.30 bits per heavy atom. The smallest absolute Gasteiger partial charge is 0.324 e. The van der Waals surface area contributed by atoms with Gasteiger partial charge in [-0.2, -0.15) is 0 Å². The van der Waals surface area contributed by atoms with Gasteiger partial charge in [0.05, 0.1) is 0 Å². The molecular formula is C16H30N2O2. The van der Waals surface area contributed by atoms with E-state index in [9.17, 15) is 9.90 Å². The second-order valence-electron chi connectivity index (χ2n) is 7.04. The molecule has 1 saturated carbocycles. The van der Waals surface area contributed by atoms with Crippen molar-refractivity contribution < 1.29 is 9.90 Å². The zero-order chi connectivity index (χ0) is 14.6. The van der Waals surface area contributed by atoms with E-state index in [1.54, 1.807) is 0 Å². The van der Waals surface area contributed by atoms with Crippen molar-refractivity contribution in [2.45, 2.75) is 70.4 Å². The molecule has 0 aromatic carbocycles. The number of hydrogen-bond donors (Lipinski definition) is 3. The van der Waals surface area contributed by atoms with Crippen molar-refractivity contribution in [1.82, 2.24) is 10.6 Å². The highest BCUT2D eigenvalue weighted by atomic mass is 16.4. The van der Waals surface area contributed by atoms with Crippen LogP contribution in [0.25, 0.3) is 0 Å². The van der Waals surface area contributed by atoms with Gasteiger partial charge in [0.2, 0.25) is 0 Å². The van der Waals surface area contributed by atoms with Gasteiger partial charge in [0, 0.05) is 12.6 Å². The first-order valence-corrected chi connectivity index (χ1v) is 8.26. The summed E-state index contributed by atoms with van der Waals surface area (Å²) in [5.41, 5.74) is -0.714. The van der Waals surface area contributed by atoms with Crippen LogP contribution < -0.4 is 10.6 Å². The average molecular weight is 282 g/mol. The van der Waals surface area contributed by atoms with E-state index < -0.39 is 11.5 Å². The number of aliphatic carboxylic acids is 1. The Labute approximate surface area is 122 Å². The van der Waals surface area contributed by atoms with E-state index >= 15 is 0 Å². The summed E-state index contributed by atoms with van der Waals surface area (Å²) in [6.45, 7) is 6.23. The van der Waals surface area contributed by atoms with Crippen LogP contribution in [0.4, 0.5) is 0 Å². The molecule has 2 rings (SSSR count). The van der Waals surface area contributed by atoms with E-state index in [1.165, 1.54) is 12.8 Å². The molecule has 4 heteroatoms. The van der Waals surface area contributed by atoms with Crippen molar-refractivity contribution in [2.75, 3.05) is 13.1 Å². The number of rotatable bonds is 6. The standard InChI is InChI=1S/C16H30N2O2/c1-12(2)10-16(15(19)20,13-6-3-4-7-13)18-14-8-5-9-17-11-14/h12-14,17-18H,3-11H2,1-2H3,(H,19,20)/t14?,16-/m1/s1. The minimum atomic E-state index is -0.714. The first kappa shape index (κ1) is 15.8. The maximum atomic E-state index is 12.1. The molecule has 0 bridgehead atoms. The number of carboxylic acids is 1. The monoisotopic (exact) mass is 282 g/mol. The molecule has 2 atom stereocenters. The molecule has 1 heterocycles. The minimum absolute atomic E-state index is 0.296. The molecule has 2 fully saturated rings. The van der Waals surface area contributed by atoms with Crippen molar-refractivity contribution in [3.8, 4) is 0 Å². The average Bonchev–Trinajstić information content (AvgIpc) is 2.92. The van der Waals surface area contributed by atoms with E-state index in [-0.39, 0.29) is 0 Å². The highest BCUT2D eigenvalue weighted by Crippen LogP contribution is 2.38. The Morgan fingerprint density at radius 3 is 2.50 bits per heavy atom. The van der Waals surface area contributed by atoms with Crippen molar-refractivity contribution in [1.29, 1.82) is 0 Å². The highest BCUT2D eigenvalue weighted by molar-refractivity contribution is 5.79. The predicted molar refractivity (Wildman–Crippen MR) is 80.8 cm³/mol. The second-order valence-corrected chi connectivity index (χ2v) is 7.04. The van der Waals surface area contributed by atoms with Gasteiger partial charge in [0.25, 0.3) is 0 Å². The van der Waals surface area contributed by atoms with Gasteiger partial charge in [-0.1, -0.05) is 26.7 Å². The fourth-order valence-electron chi connectivity index (χ4n) is 4.07. The third-order valence-corrected chi connectivity index (χ3v) is 4.92. The van der Waals surface area contributed by atoms with Crippen LogP contribution in [0.3, 0.4) is 0 Å². The number of piperidine rings is 1. The lowest BCUT2D eigenvalue weighted by molar-refractivity contribution is -0.149. The molecule has 3 N–H and O–H groups in total. The maximum absolute atomic E-state index is 12.1. The molecule has 20 heavy (non-hydrogen) atoms. The molecule has 116 valence electrons. The quantitative estimate of drug-likeness (QED) is 0.700. The molecule has 1 aliphatic heterocycles. The lowest BCUT2D eigenvalue weighted by Crippen LogP contribution is -2.63. The SMILES string of the molecule is CC(C)C[C@](NC1CCCNC1)(C(=O)O)C1CCCC1. The van der Waals surface area contributed by atoms with Crippen molar-refractivity contribution in [2.24, 2.45) is 11.8 Å². The lowest BCUT2D eigenvalue weighted by Gasteiger charge is -2.41. The molecule has 1 unspecified atom stereocenters. The van der Waals surface area contributed by atoms with Crippen LogP contribution in [-0.2, 0) is 4.79 Å². The van der Waals surface area contributed by atoms with E-state index in [4.69, 9.17) is 0 Å². The van der Waals surface area contributed by atoms with E-state index in [2.05, 4.69) is 24.5 Å². The fraction of sp³-hybridized carbons (Fsp3) is 0.938. The summed E-state index contributed by atoms with van der Waals surface area (Å²) in [5, 5.41) is 16.9. The van der Waals surface area contributed by atoms with Crippen LogP contribution in [0.1, 0.15) is 58.8 Å². The van der Waals surface area contributed by atoms with Gasteiger partial charge < -0.3 is 10.4 Å².